The van der Waals surface area contributed by atoms with E-state index in [2.05, 4.69) is 26.1 Å². The van der Waals surface area contributed by atoms with Crippen LogP contribution in [0.5, 0.6) is 0 Å². The van der Waals surface area contributed by atoms with E-state index in [1.54, 1.807) is 12.1 Å². The highest BCUT2D eigenvalue weighted by molar-refractivity contribution is 5.89. The Bertz CT molecular complexity index is 881. The Kier molecular flexibility index (Phi) is 4.42. The summed E-state index contributed by atoms with van der Waals surface area (Å²) in [6.07, 6.45) is -1.76. The normalized spacial score (nSPS) is 11.3. The largest absolute Gasteiger partial charge is 0.467 e. The number of hydrazine groups is 1. The molecular formula is C15H12F3N5O2. The van der Waals surface area contributed by atoms with Gasteiger partial charge in [-0.15, -0.1) is 0 Å². The molecule has 3 heterocycles. The third-order valence-corrected chi connectivity index (χ3v) is 3.20. The van der Waals surface area contributed by atoms with Gasteiger partial charge >= 0.3 is 12.2 Å². The van der Waals surface area contributed by atoms with Gasteiger partial charge in [-0.2, -0.15) is 13.2 Å². The van der Waals surface area contributed by atoms with Gasteiger partial charge in [0.1, 0.15) is 11.5 Å². The van der Waals surface area contributed by atoms with E-state index in [0.29, 0.717) is 11.1 Å². The molecule has 0 fully saturated rings. The summed E-state index contributed by atoms with van der Waals surface area (Å²) in [6.45, 7) is 0.181. The maximum absolute atomic E-state index is 12.7. The number of nitrogens with one attached hydrogen (secondary N) is 3. The number of anilines is 1. The zero-order valence-electron chi connectivity index (χ0n) is 12.6. The van der Waals surface area contributed by atoms with Crippen LogP contribution in [0.4, 0.5) is 23.8 Å². The van der Waals surface area contributed by atoms with Crippen molar-refractivity contribution in [2.24, 2.45) is 0 Å². The van der Waals surface area contributed by atoms with Crippen molar-refractivity contribution in [3.05, 3.63) is 54.2 Å². The number of rotatable bonds is 4. The number of amides is 2. The second kappa shape index (κ2) is 6.67. The number of nitrogens with zero attached hydrogens (tertiary/aromatic N) is 2. The van der Waals surface area contributed by atoms with Crippen molar-refractivity contribution >= 4 is 22.8 Å². The van der Waals surface area contributed by atoms with Crippen LogP contribution in [0.25, 0.3) is 10.9 Å². The van der Waals surface area contributed by atoms with Crippen LogP contribution in [0, 0.1) is 0 Å². The number of urea groups is 1. The molecule has 3 rings (SSSR count). The lowest BCUT2D eigenvalue weighted by atomic mass is 10.2. The Morgan fingerprint density at radius 1 is 1.20 bits per heavy atom. The number of pyridine rings is 2. The summed E-state index contributed by atoms with van der Waals surface area (Å²) in [4.78, 5) is 19.3. The van der Waals surface area contributed by atoms with Crippen LogP contribution < -0.4 is 16.2 Å². The second-order valence-electron chi connectivity index (χ2n) is 4.93. The first-order valence-corrected chi connectivity index (χ1v) is 7.09. The van der Waals surface area contributed by atoms with Crippen LogP contribution in [0.3, 0.4) is 0 Å². The quantitative estimate of drug-likeness (QED) is 0.628. The molecule has 7 nitrogen and oxygen atoms in total. The molecule has 0 aliphatic carbocycles. The first-order chi connectivity index (χ1) is 11.9. The predicted molar refractivity (Wildman–Crippen MR) is 82.2 cm³/mol. The van der Waals surface area contributed by atoms with E-state index < -0.39 is 17.9 Å². The van der Waals surface area contributed by atoms with Crippen LogP contribution in [0.15, 0.2) is 47.2 Å². The van der Waals surface area contributed by atoms with Crippen molar-refractivity contribution in [2.45, 2.75) is 12.7 Å². The molecule has 0 aliphatic rings. The topological polar surface area (TPSA) is 92.1 Å². The number of aromatic nitrogens is 2. The first kappa shape index (κ1) is 16.6. The Morgan fingerprint density at radius 3 is 2.76 bits per heavy atom. The molecule has 10 heteroatoms. The summed E-state index contributed by atoms with van der Waals surface area (Å²) in [6, 6.07) is 6.27. The smallest absolute Gasteiger partial charge is 0.433 e. The fourth-order valence-electron chi connectivity index (χ4n) is 2.05. The maximum Gasteiger partial charge on any atom is 0.433 e. The van der Waals surface area contributed by atoms with Gasteiger partial charge in [-0.25, -0.2) is 14.8 Å². The number of halogens is 3. The second-order valence-corrected chi connectivity index (χ2v) is 4.93. The fraction of sp³-hybridized carbons (Fsp3) is 0.133. The van der Waals surface area contributed by atoms with E-state index in [9.17, 15) is 18.0 Å². The maximum atomic E-state index is 12.7. The molecule has 0 aromatic carbocycles. The van der Waals surface area contributed by atoms with Crippen molar-refractivity contribution < 1.29 is 22.4 Å². The standard InChI is InChI=1S/C15H12F3N5O2/c16-15(17,18)12-4-3-10-11(21-12)5-6-19-13(10)22-23-14(24)20-8-9-2-1-7-25-9/h1-7H,8H2,(H,19,22)(H2,20,23,24). The molecule has 3 N–H and O–H groups in total. The van der Waals surface area contributed by atoms with E-state index in [0.717, 1.165) is 6.07 Å². The molecule has 25 heavy (non-hydrogen) atoms. The number of carbonyl (C=O) groups excluding carboxylic acids is 1. The third kappa shape index (κ3) is 3.97. The monoisotopic (exact) mass is 351 g/mol. The van der Waals surface area contributed by atoms with E-state index in [1.165, 1.54) is 24.6 Å². The summed E-state index contributed by atoms with van der Waals surface area (Å²) in [5.74, 6) is 0.745. The van der Waals surface area contributed by atoms with Gasteiger partial charge in [0, 0.05) is 11.6 Å². The summed E-state index contributed by atoms with van der Waals surface area (Å²) in [5.41, 5.74) is 4.00. The highest BCUT2D eigenvalue weighted by Crippen LogP contribution is 2.30. The molecule has 0 aliphatic heterocycles. The van der Waals surface area contributed by atoms with E-state index in [1.807, 2.05) is 0 Å². The lowest BCUT2D eigenvalue weighted by molar-refractivity contribution is -0.140. The molecule has 0 radical (unpaired) electrons. The molecule has 130 valence electrons. The molecule has 0 saturated carbocycles. The van der Waals surface area contributed by atoms with Crippen LogP contribution >= 0.6 is 0 Å². The Morgan fingerprint density at radius 2 is 2.04 bits per heavy atom. The number of carbonyl (C=O) groups is 1. The average molecular weight is 351 g/mol. The van der Waals surface area contributed by atoms with Gasteiger partial charge in [0.2, 0.25) is 0 Å². The lowest BCUT2D eigenvalue weighted by Gasteiger charge is -2.11. The number of fused-ring (bicyclic) bond motifs is 1. The Labute approximate surface area is 139 Å². The zero-order chi connectivity index (χ0) is 17.9. The number of alkyl halides is 3. The van der Waals surface area contributed by atoms with Gasteiger partial charge in [-0.1, -0.05) is 0 Å². The van der Waals surface area contributed by atoms with Crippen molar-refractivity contribution in [3.8, 4) is 0 Å². The van der Waals surface area contributed by atoms with Gasteiger partial charge in [0.05, 0.1) is 18.3 Å². The minimum Gasteiger partial charge on any atom is -0.467 e. The minimum absolute atomic E-state index is 0.102. The number of furan rings is 1. The van der Waals surface area contributed by atoms with E-state index >= 15 is 0 Å². The Balaban J connectivity index is 1.68. The van der Waals surface area contributed by atoms with Crippen molar-refractivity contribution in [3.63, 3.8) is 0 Å². The highest BCUT2D eigenvalue weighted by atomic mass is 19.4. The molecule has 0 spiro atoms. The lowest BCUT2D eigenvalue weighted by Crippen LogP contribution is -2.38. The van der Waals surface area contributed by atoms with Gasteiger partial charge in [-0.3, -0.25) is 10.9 Å². The molecule has 2 amide bonds. The molecule has 3 aromatic rings. The predicted octanol–water partition coefficient (Wildman–Crippen LogP) is 3.07. The molecule has 3 aromatic heterocycles. The van der Waals surface area contributed by atoms with Gasteiger partial charge in [-0.05, 0) is 30.3 Å². The van der Waals surface area contributed by atoms with Crippen LogP contribution in [0.2, 0.25) is 0 Å². The first-order valence-electron chi connectivity index (χ1n) is 7.09. The van der Waals surface area contributed by atoms with Crippen molar-refractivity contribution in [2.75, 3.05) is 5.43 Å². The third-order valence-electron chi connectivity index (χ3n) is 3.20. The van der Waals surface area contributed by atoms with Gasteiger partial charge in [0.15, 0.2) is 5.82 Å². The number of hydrogen-bond donors (Lipinski definition) is 3. The molecular weight excluding hydrogens is 339 g/mol. The minimum atomic E-state index is -4.53. The number of hydrogen-bond acceptors (Lipinski definition) is 5. The zero-order valence-corrected chi connectivity index (χ0v) is 12.6. The van der Waals surface area contributed by atoms with Crippen LogP contribution in [-0.4, -0.2) is 16.0 Å². The van der Waals surface area contributed by atoms with Gasteiger partial charge in [0.25, 0.3) is 0 Å². The summed E-state index contributed by atoms with van der Waals surface area (Å²) >= 11 is 0. The van der Waals surface area contributed by atoms with Gasteiger partial charge < -0.3 is 9.73 Å². The van der Waals surface area contributed by atoms with Crippen molar-refractivity contribution in [1.82, 2.24) is 20.7 Å². The molecule has 0 bridgehead atoms. The molecule has 0 unspecified atom stereocenters. The van der Waals surface area contributed by atoms with Crippen molar-refractivity contribution in [1.29, 1.82) is 0 Å². The van der Waals surface area contributed by atoms with E-state index in [-0.39, 0.29) is 17.9 Å². The fourth-order valence-corrected chi connectivity index (χ4v) is 2.05. The highest BCUT2D eigenvalue weighted by Gasteiger charge is 2.32. The molecule has 0 saturated heterocycles. The van der Waals surface area contributed by atoms with Crippen LogP contribution in [-0.2, 0) is 12.7 Å². The van der Waals surface area contributed by atoms with E-state index in [4.69, 9.17) is 4.42 Å². The average Bonchev–Trinajstić information content (AvgIpc) is 3.10. The summed E-state index contributed by atoms with van der Waals surface area (Å²) in [7, 11) is 0. The SMILES string of the molecule is O=C(NCc1ccco1)NNc1nccc2nc(C(F)(F)F)ccc12. The summed E-state index contributed by atoms with van der Waals surface area (Å²) < 4.78 is 43.2. The molecule has 0 atom stereocenters. The van der Waals surface area contributed by atoms with Crippen LogP contribution in [0.1, 0.15) is 11.5 Å². The Hall–Kier alpha value is -3.30. The summed E-state index contributed by atoms with van der Waals surface area (Å²) in [5, 5.41) is 2.87.